The van der Waals surface area contributed by atoms with Crippen LogP contribution in [-0.4, -0.2) is 0 Å². The number of allylic oxidation sites excluding steroid dienone is 4. The van der Waals surface area contributed by atoms with E-state index in [1.165, 1.54) is 35.1 Å². The van der Waals surface area contributed by atoms with Crippen LogP contribution in [-0.2, 0) is 0 Å². The molecule has 0 fully saturated rings. The largest absolute Gasteiger partial charge is 0.0776 e. The molecule has 0 saturated carbocycles. The maximum absolute atomic E-state index is 2.25. The predicted octanol–water partition coefficient (Wildman–Crippen LogP) is 5.58. The molecule has 0 atom stereocenters. The Bertz CT molecular complexity index is 518. The van der Waals surface area contributed by atoms with E-state index in [0.717, 1.165) is 0 Å². The molecule has 19 heavy (non-hydrogen) atoms. The van der Waals surface area contributed by atoms with Crippen molar-refractivity contribution in [3.05, 3.63) is 83.9 Å². The molecule has 96 valence electrons. The molecule has 2 aromatic carbocycles. The molecular weight excluding hydrogens is 228 g/mol. The third-order valence-corrected chi connectivity index (χ3v) is 3.11. The van der Waals surface area contributed by atoms with Crippen molar-refractivity contribution in [1.29, 1.82) is 0 Å². The molecule has 0 aliphatic heterocycles. The van der Waals surface area contributed by atoms with Crippen LogP contribution in [0.5, 0.6) is 0 Å². The smallest absolute Gasteiger partial charge is 0.00884 e. The Labute approximate surface area is 116 Å². The standard InChI is InChI=1S/2C9H8.CH4/c2*1-2-4-8(5-3-1)9-6-7-9;/h2*1-6H,7H2;1H4. The minimum absolute atomic E-state index is 0. The molecule has 2 aliphatic carbocycles. The molecule has 0 spiro atoms. The van der Waals surface area contributed by atoms with Crippen LogP contribution in [0.2, 0.25) is 0 Å². The minimum Gasteiger partial charge on any atom is -0.0776 e. The molecule has 0 radical (unpaired) electrons. The average molecular weight is 248 g/mol. The van der Waals surface area contributed by atoms with Crippen LogP contribution < -0.4 is 0 Å². The maximum atomic E-state index is 2.25. The maximum Gasteiger partial charge on any atom is -0.00884 e. The summed E-state index contributed by atoms with van der Waals surface area (Å²) in [5.74, 6) is 0. The lowest BCUT2D eigenvalue weighted by Gasteiger charge is -1.89. The predicted molar refractivity (Wildman–Crippen MR) is 84.8 cm³/mol. The molecule has 2 aliphatic rings. The van der Waals surface area contributed by atoms with E-state index in [-0.39, 0.29) is 7.43 Å². The SMILES string of the molecule is C.C1=C(c2ccccc2)C1.C1=C(c2ccccc2)C1. The van der Waals surface area contributed by atoms with Crippen molar-refractivity contribution in [3.63, 3.8) is 0 Å². The van der Waals surface area contributed by atoms with Gasteiger partial charge in [0.15, 0.2) is 0 Å². The van der Waals surface area contributed by atoms with E-state index in [9.17, 15) is 0 Å². The Hall–Kier alpha value is -2.08. The third-order valence-electron chi connectivity index (χ3n) is 3.11. The second kappa shape index (κ2) is 6.19. The van der Waals surface area contributed by atoms with E-state index in [2.05, 4.69) is 60.7 Å². The highest BCUT2D eigenvalue weighted by Crippen LogP contribution is 2.30. The van der Waals surface area contributed by atoms with Crippen molar-refractivity contribution in [1.82, 2.24) is 0 Å². The van der Waals surface area contributed by atoms with Gasteiger partial charge >= 0.3 is 0 Å². The van der Waals surface area contributed by atoms with Crippen LogP contribution in [0.1, 0.15) is 31.4 Å². The van der Waals surface area contributed by atoms with Gasteiger partial charge in [-0.15, -0.1) is 0 Å². The van der Waals surface area contributed by atoms with Crippen molar-refractivity contribution >= 4 is 11.1 Å². The summed E-state index contributed by atoms with van der Waals surface area (Å²) in [6, 6.07) is 21.0. The summed E-state index contributed by atoms with van der Waals surface area (Å²) in [5, 5.41) is 0. The van der Waals surface area contributed by atoms with Gasteiger partial charge in [0.05, 0.1) is 0 Å². The lowest BCUT2D eigenvalue weighted by Crippen LogP contribution is -1.67. The molecule has 0 bridgehead atoms. The van der Waals surface area contributed by atoms with Gasteiger partial charge in [-0.05, 0) is 35.1 Å². The topological polar surface area (TPSA) is 0 Å². The number of hydrogen-bond acceptors (Lipinski definition) is 0. The van der Waals surface area contributed by atoms with Gasteiger partial charge in [0, 0.05) is 0 Å². The molecule has 0 amide bonds. The van der Waals surface area contributed by atoms with Gasteiger partial charge < -0.3 is 0 Å². The lowest BCUT2D eigenvalue weighted by molar-refractivity contribution is 1.59. The molecule has 0 heterocycles. The van der Waals surface area contributed by atoms with Gasteiger partial charge in [-0.1, -0.05) is 80.2 Å². The van der Waals surface area contributed by atoms with Crippen LogP contribution in [0.15, 0.2) is 72.8 Å². The molecule has 0 aromatic heterocycles. The molecule has 4 rings (SSSR count). The van der Waals surface area contributed by atoms with Gasteiger partial charge in [-0.25, -0.2) is 0 Å². The highest BCUT2D eigenvalue weighted by Gasteiger charge is 2.08. The quantitative estimate of drug-likeness (QED) is 0.650. The summed E-state index contributed by atoms with van der Waals surface area (Å²) in [7, 11) is 0. The first-order valence-electron chi connectivity index (χ1n) is 6.42. The second-order valence-corrected chi connectivity index (χ2v) is 4.60. The Morgan fingerprint density at radius 1 is 0.526 bits per heavy atom. The van der Waals surface area contributed by atoms with Gasteiger partial charge in [-0.3, -0.25) is 0 Å². The van der Waals surface area contributed by atoms with Crippen LogP contribution in [0.25, 0.3) is 11.1 Å². The van der Waals surface area contributed by atoms with Gasteiger partial charge in [0.25, 0.3) is 0 Å². The van der Waals surface area contributed by atoms with E-state index in [1.54, 1.807) is 0 Å². The Morgan fingerprint density at radius 3 is 1.11 bits per heavy atom. The molecule has 0 N–H and O–H groups in total. The summed E-state index contributed by atoms with van der Waals surface area (Å²) >= 11 is 0. The molecule has 0 unspecified atom stereocenters. The fourth-order valence-corrected chi connectivity index (χ4v) is 1.88. The first-order chi connectivity index (χ1) is 8.93. The Balaban J connectivity index is 0.000000133. The normalized spacial score (nSPS) is 14.1. The van der Waals surface area contributed by atoms with E-state index in [0.29, 0.717) is 0 Å². The van der Waals surface area contributed by atoms with Crippen LogP contribution >= 0.6 is 0 Å². The van der Waals surface area contributed by atoms with Gasteiger partial charge in [0.1, 0.15) is 0 Å². The second-order valence-electron chi connectivity index (χ2n) is 4.60. The Morgan fingerprint density at radius 2 is 0.842 bits per heavy atom. The average Bonchev–Trinajstić information content (AvgIpc) is 3.34. The summed E-state index contributed by atoms with van der Waals surface area (Å²) in [4.78, 5) is 0. The van der Waals surface area contributed by atoms with Crippen LogP contribution in [0.3, 0.4) is 0 Å². The van der Waals surface area contributed by atoms with E-state index < -0.39 is 0 Å². The highest BCUT2D eigenvalue weighted by molar-refractivity contribution is 5.77. The first kappa shape index (κ1) is 13.4. The highest BCUT2D eigenvalue weighted by atomic mass is 14.1. The van der Waals surface area contributed by atoms with Crippen molar-refractivity contribution in [2.24, 2.45) is 0 Å². The van der Waals surface area contributed by atoms with Crippen molar-refractivity contribution in [2.75, 3.05) is 0 Å². The molecular formula is C19H20. The van der Waals surface area contributed by atoms with Crippen molar-refractivity contribution in [3.8, 4) is 0 Å². The van der Waals surface area contributed by atoms with Gasteiger partial charge in [0.2, 0.25) is 0 Å². The molecule has 0 saturated heterocycles. The zero-order chi connectivity index (χ0) is 12.2. The zero-order valence-corrected chi connectivity index (χ0v) is 10.3. The van der Waals surface area contributed by atoms with E-state index in [4.69, 9.17) is 0 Å². The lowest BCUT2D eigenvalue weighted by atomic mass is 10.2. The fraction of sp³-hybridized carbons (Fsp3) is 0.158. The molecule has 2 aromatic rings. The number of rotatable bonds is 2. The molecule has 0 heteroatoms. The number of hydrogen-bond donors (Lipinski definition) is 0. The van der Waals surface area contributed by atoms with E-state index >= 15 is 0 Å². The summed E-state index contributed by atoms with van der Waals surface area (Å²) < 4.78 is 0. The summed E-state index contributed by atoms with van der Waals surface area (Å²) in [6.07, 6.45) is 6.89. The third kappa shape index (κ3) is 3.96. The first-order valence-corrected chi connectivity index (χ1v) is 6.42. The van der Waals surface area contributed by atoms with Gasteiger partial charge in [-0.2, -0.15) is 0 Å². The zero-order valence-electron chi connectivity index (χ0n) is 10.3. The minimum atomic E-state index is 0. The summed E-state index contributed by atoms with van der Waals surface area (Å²) in [6.45, 7) is 0. The fourth-order valence-electron chi connectivity index (χ4n) is 1.88. The van der Waals surface area contributed by atoms with Crippen molar-refractivity contribution < 1.29 is 0 Å². The monoisotopic (exact) mass is 248 g/mol. The van der Waals surface area contributed by atoms with E-state index in [1.807, 2.05) is 12.1 Å². The Kier molecular flexibility index (Phi) is 4.35. The number of benzene rings is 2. The summed E-state index contributed by atoms with van der Waals surface area (Å²) in [5.41, 5.74) is 5.76. The molecule has 0 nitrogen and oxygen atoms in total. The van der Waals surface area contributed by atoms with Crippen LogP contribution in [0, 0.1) is 0 Å². The van der Waals surface area contributed by atoms with Crippen LogP contribution in [0.4, 0.5) is 0 Å². The van der Waals surface area contributed by atoms with Crippen molar-refractivity contribution in [2.45, 2.75) is 20.3 Å².